The first kappa shape index (κ1) is 28.8. The molecule has 1 aliphatic rings. The molecule has 1 fully saturated rings. The minimum absolute atomic E-state index is 0.00503. The van der Waals surface area contributed by atoms with Gasteiger partial charge in [0, 0.05) is 0 Å². The molecule has 0 spiro atoms. The SMILES string of the molecule is CC(C)C[C@H](NC(=O)OCc1ccccc1)C(=O)N[C@@H](CC1CCCCC1)C(=O)CSCc1ccco1. The van der Waals surface area contributed by atoms with E-state index in [0.717, 1.165) is 37.0 Å². The van der Waals surface area contributed by atoms with Gasteiger partial charge < -0.3 is 19.8 Å². The lowest BCUT2D eigenvalue weighted by molar-refractivity contribution is -0.128. The molecule has 2 aromatic rings. The molecule has 7 nitrogen and oxygen atoms in total. The number of carbonyl (C=O) groups excluding carboxylic acids is 3. The first-order chi connectivity index (χ1) is 17.9. The third-order valence-corrected chi connectivity index (χ3v) is 7.57. The average Bonchev–Trinajstić information content (AvgIpc) is 3.41. The van der Waals surface area contributed by atoms with Crippen LogP contribution in [0.25, 0.3) is 0 Å². The number of amides is 2. The number of alkyl carbamates (subject to hydrolysis) is 1. The van der Waals surface area contributed by atoms with Crippen molar-refractivity contribution in [3.8, 4) is 0 Å². The minimum Gasteiger partial charge on any atom is -0.468 e. The Labute approximate surface area is 224 Å². The van der Waals surface area contributed by atoms with E-state index in [1.54, 1.807) is 6.26 Å². The zero-order chi connectivity index (χ0) is 26.5. The summed E-state index contributed by atoms with van der Waals surface area (Å²) >= 11 is 1.49. The Bertz CT molecular complexity index is 958. The molecule has 2 amide bonds. The van der Waals surface area contributed by atoms with Crippen LogP contribution in [0.5, 0.6) is 0 Å². The lowest BCUT2D eigenvalue weighted by Crippen LogP contribution is -2.52. The maximum Gasteiger partial charge on any atom is 0.408 e. The number of hydrogen-bond donors (Lipinski definition) is 2. The van der Waals surface area contributed by atoms with E-state index >= 15 is 0 Å². The molecule has 2 atom stereocenters. The Morgan fingerprint density at radius 2 is 1.76 bits per heavy atom. The van der Waals surface area contributed by atoms with Crippen LogP contribution in [0.3, 0.4) is 0 Å². The largest absolute Gasteiger partial charge is 0.468 e. The molecule has 0 saturated heterocycles. The van der Waals surface area contributed by atoms with Gasteiger partial charge in [0.2, 0.25) is 5.91 Å². The van der Waals surface area contributed by atoms with Crippen molar-refractivity contribution in [2.24, 2.45) is 11.8 Å². The van der Waals surface area contributed by atoms with Gasteiger partial charge in [-0.1, -0.05) is 76.3 Å². The maximum absolute atomic E-state index is 13.4. The van der Waals surface area contributed by atoms with E-state index in [-0.39, 0.29) is 24.2 Å². The smallest absolute Gasteiger partial charge is 0.408 e. The van der Waals surface area contributed by atoms with E-state index in [1.807, 2.05) is 56.3 Å². The normalized spacial score (nSPS) is 15.6. The van der Waals surface area contributed by atoms with Gasteiger partial charge >= 0.3 is 6.09 Å². The van der Waals surface area contributed by atoms with Gasteiger partial charge in [0.15, 0.2) is 5.78 Å². The highest BCUT2D eigenvalue weighted by Crippen LogP contribution is 2.28. The number of Topliss-reactive ketones (excluding diaryl/α,β-unsaturated/α-hetero) is 1. The second-order valence-corrected chi connectivity index (χ2v) is 11.2. The summed E-state index contributed by atoms with van der Waals surface area (Å²) in [5.74, 6) is 1.97. The number of ketones is 1. The van der Waals surface area contributed by atoms with E-state index in [9.17, 15) is 14.4 Å². The highest BCUT2D eigenvalue weighted by atomic mass is 32.2. The van der Waals surface area contributed by atoms with Gasteiger partial charge in [-0.25, -0.2) is 4.79 Å². The van der Waals surface area contributed by atoms with Gasteiger partial charge in [0.1, 0.15) is 18.4 Å². The monoisotopic (exact) mass is 528 g/mol. The molecule has 0 radical (unpaired) electrons. The molecule has 1 aromatic heterocycles. The fraction of sp³-hybridized carbons (Fsp3) is 0.552. The maximum atomic E-state index is 13.4. The van der Waals surface area contributed by atoms with Crippen LogP contribution in [0.1, 0.15) is 70.1 Å². The van der Waals surface area contributed by atoms with E-state index in [2.05, 4.69) is 10.6 Å². The van der Waals surface area contributed by atoms with Crippen LogP contribution < -0.4 is 10.6 Å². The van der Waals surface area contributed by atoms with E-state index in [0.29, 0.717) is 30.3 Å². The number of nitrogens with one attached hydrogen (secondary N) is 2. The summed E-state index contributed by atoms with van der Waals surface area (Å²) in [7, 11) is 0. The number of carbonyl (C=O) groups is 3. The molecule has 1 saturated carbocycles. The van der Waals surface area contributed by atoms with Crippen molar-refractivity contribution in [3.05, 3.63) is 60.1 Å². The number of thioether (sulfide) groups is 1. The first-order valence-electron chi connectivity index (χ1n) is 13.3. The van der Waals surface area contributed by atoms with E-state index < -0.39 is 18.2 Å². The van der Waals surface area contributed by atoms with Crippen molar-refractivity contribution in [3.63, 3.8) is 0 Å². The van der Waals surface area contributed by atoms with Crippen molar-refractivity contribution < 1.29 is 23.5 Å². The fourth-order valence-electron chi connectivity index (χ4n) is 4.66. The van der Waals surface area contributed by atoms with Crippen LogP contribution in [0, 0.1) is 11.8 Å². The van der Waals surface area contributed by atoms with Crippen LogP contribution in [0.2, 0.25) is 0 Å². The second kappa shape index (κ2) is 15.5. The van der Waals surface area contributed by atoms with Crippen LogP contribution in [-0.2, 0) is 26.7 Å². The summed E-state index contributed by atoms with van der Waals surface area (Å²) in [6.45, 7) is 4.11. The number of rotatable bonds is 14. The summed E-state index contributed by atoms with van der Waals surface area (Å²) in [4.78, 5) is 39.1. The van der Waals surface area contributed by atoms with Crippen molar-refractivity contribution in [2.75, 3.05) is 5.75 Å². The number of ether oxygens (including phenoxy) is 1. The standard InChI is InChI=1S/C29H40N2O5S/c1-21(2)16-26(31-29(34)36-18-23-12-7-4-8-13-23)28(33)30-25(17-22-10-5-3-6-11-22)27(32)20-37-19-24-14-9-15-35-24/h4,7-9,12-15,21-22,25-26H,3,5-6,10-11,16-20H2,1-2H3,(H,30,33)(H,31,34)/t25-,26-/m0/s1. The molecule has 1 aromatic carbocycles. The van der Waals surface area contributed by atoms with Crippen molar-refractivity contribution >= 4 is 29.5 Å². The summed E-state index contributed by atoms with van der Waals surface area (Å²) in [6, 6.07) is 11.8. The molecule has 0 bridgehead atoms. The second-order valence-electron chi connectivity index (χ2n) is 10.2. The molecule has 202 valence electrons. The Morgan fingerprint density at radius 1 is 1.00 bits per heavy atom. The number of benzene rings is 1. The third-order valence-electron chi connectivity index (χ3n) is 6.60. The lowest BCUT2D eigenvalue weighted by Gasteiger charge is -2.28. The van der Waals surface area contributed by atoms with Gasteiger partial charge in [-0.15, -0.1) is 11.8 Å². The molecule has 1 heterocycles. The molecule has 0 aliphatic heterocycles. The van der Waals surface area contributed by atoms with Crippen molar-refractivity contribution in [1.29, 1.82) is 0 Å². The molecule has 0 unspecified atom stereocenters. The van der Waals surface area contributed by atoms with Crippen LogP contribution in [0.15, 0.2) is 53.1 Å². The predicted molar refractivity (Wildman–Crippen MR) is 146 cm³/mol. The highest BCUT2D eigenvalue weighted by Gasteiger charge is 2.30. The quantitative estimate of drug-likeness (QED) is 0.318. The Kier molecular flexibility index (Phi) is 12.1. The number of furan rings is 1. The van der Waals surface area contributed by atoms with Crippen molar-refractivity contribution in [2.45, 2.75) is 83.2 Å². The van der Waals surface area contributed by atoms with Gasteiger partial charge in [-0.3, -0.25) is 9.59 Å². The van der Waals surface area contributed by atoms with Gasteiger partial charge in [0.25, 0.3) is 0 Å². The summed E-state index contributed by atoms with van der Waals surface area (Å²) in [5, 5.41) is 5.72. The van der Waals surface area contributed by atoms with E-state index in [1.165, 1.54) is 18.2 Å². The van der Waals surface area contributed by atoms with Crippen LogP contribution in [-0.4, -0.2) is 35.6 Å². The molecular formula is C29H40N2O5S. The zero-order valence-electron chi connectivity index (χ0n) is 21.9. The lowest BCUT2D eigenvalue weighted by atomic mass is 9.84. The Morgan fingerprint density at radius 3 is 2.43 bits per heavy atom. The van der Waals surface area contributed by atoms with Gasteiger partial charge in [0.05, 0.1) is 23.8 Å². The average molecular weight is 529 g/mol. The minimum atomic E-state index is -0.777. The van der Waals surface area contributed by atoms with Crippen molar-refractivity contribution in [1.82, 2.24) is 10.6 Å². The third kappa shape index (κ3) is 10.6. The Hall–Kier alpha value is -2.74. The zero-order valence-corrected chi connectivity index (χ0v) is 22.8. The number of hydrogen-bond acceptors (Lipinski definition) is 6. The van der Waals surface area contributed by atoms with E-state index in [4.69, 9.17) is 9.15 Å². The highest BCUT2D eigenvalue weighted by molar-refractivity contribution is 7.99. The molecule has 2 N–H and O–H groups in total. The van der Waals surface area contributed by atoms with Gasteiger partial charge in [-0.05, 0) is 42.4 Å². The molecule has 37 heavy (non-hydrogen) atoms. The van der Waals surface area contributed by atoms with Gasteiger partial charge in [-0.2, -0.15) is 0 Å². The van der Waals surface area contributed by atoms with Crippen LogP contribution >= 0.6 is 11.8 Å². The van der Waals surface area contributed by atoms with Crippen LogP contribution in [0.4, 0.5) is 4.79 Å². The predicted octanol–water partition coefficient (Wildman–Crippen LogP) is 5.88. The Balaban J connectivity index is 1.59. The topological polar surface area (TPSA) is 97.6 Å². The molecule has 3 rings (SSSR count). The molecule has 1 aliphatic carbocycles. The first-order valence-corrected chi connectivity index (χ1v) is 14.5. The molecular weight excluding hydrogens is 488 g/mol. The fourth-order valence-corrected chi connectivity index (χ4v) is 5.53. The molecule has 8 heteroatoms. The summed E-state index contributed by atoms with van der Waals surface area (Å²) in [5.41, 5.74) is 0.868. The summed E-state index contributed by atoms with van der Waals surface area (Å²) < 4.78 is 10.7. The summed E-state index contributed by atoms with van der Waals surface area (Å²) in [6.07, 6.45) is 7.78.